The van der Waals surface area contributed by atoms with Crippen LogP contribution in [0.1, 0.15) is 39.2 Å². The molecule has 0 saturated heterocycles. The van der Waals surface area contributed by atoms with Crippen molar-refractivity contribution in [3.05, 3.63) is 28.2 Å². The van der Waals surface area contributed by atoms with E-state index in [1.807, 2.05) is 20.8 Å². The van der Waals surface area contributed by atoms with Gasteiger partial charge in [-0.05, 0) is 53.4 Å². The summed E-state index contributed by atoms with van der Waals surface area (Å²) in [4.78, 5) is 0.159. The Balaban J connectivity index is 3.20. The van der Waals surface area contributed by atoms with Crippen molar-refractivity contribution in [3.63, 3.8) is 0 Å². The predicted octanol–water partition coefficient (Wildman–Crippen LogP) is 2.80. The molecule has 0 aromatic heterocycles. The van der Waals surface area contributed by atoms with Gasteiger partial charge in [0.1, 0.15) is 0 Å². The smallest absolute Gasteiger partial charge is 0.242 e. The molecule has 0 spiro atoms. The molecule has 0 saturated carbocycles. The van der Waals surface area contributed by atoms with Crippen LogP contribution in [-0.2, 0) is 16.6 Å². The molecule has 1 rings (SSSR count). The molecular formula is C13H20BrNO3S. The van der Waals surface area contributed by atoms with E-state index in [1.54, 1.807) is 12.1 Å². The van der Waals surface area contributed by atoms with Gasteiger partial charge in [0.15, 0.2) is 0 Å². The summed E-state index contributed by atoms with van der Waals surface area (Å²) in [5.41, 5.74) is 0.103. The van der Waals surface area contributed by atoms with Gasteiger partial charge >= 0.3 is 0 Å². The van der Waals surface area contributed by atoms with E-state index in [1.165, 1.54) is 6.07 Å². The minimum absolute atomic E-state index is 0.159. The lowest BCUT2D eigenvalue weighted by molar-refractivity contribution is 0.281. The van der Waals surface area contributed by atoms with Gasteiger partial charge in [0.2, 0.25) is 10.0 Å². The second kappa shape index (κ2) is 6.35. The fraction of sp³-hybridized carbons (Fsp3) is 0.538. The third-order valence-corrected chi connectivity index (χ3v) is 6.04. The minimum atomic E-state index is -3.61. The van der Waals surface area contributed by atoms with Crippen LogP contribution in [0.2, 0.25) is 0 Å². The third kappa shape index (κ3) is 4.02. The van der Waals surface area contributed by atoms with Gasteiger partial charge in [0.25, 0.3) is 0 Å². The molecule has 0 atom stereocenters. The van der Waals surface area contributed by atoms with Crippen molar-refractivity contribution in [1.29, 1.82) is 0 Å². The van der Waals surface area contributed by atoms with Gasteiger partial charge in [-0.15, -0.1) is 0 Å². The Morgan fingerprint density at radius 3 is 2.37 bits per heavy atom. The van der Waals surface area contributed by atoms with E-state index in [4.69, 9.17) is 5.11 Å². The molecule has 0 bridgehead atoms. The topological polar surface area (TPSA) is 66.4 Å². The van der Waals surface area contributed by atoms with E-state index in [9.17, 15) is 8.42 Å². The van der Waals surface area contributed by atoms with Gasteiger partial charge in [-0.2, -0.15) is 0 Å². The maximum atomic E-state index is 12.4. The molecule has 19 heavy (non-hydrogen) atoms. The Kier molecular flexibility index (Phi) is 5.55. The average molecular weight is 350 g/mol. The minimum Gasteiger partial charge on any atom is -0.392 e. The van der Waals surface area contributed by atoms with Gasteiger partial charge in [0, 0.05) is 10.0 Å². The molecule has 6 heteroatoms. The van der Waals surface area contributed by atoms with Crippen molar-refractivity contribution in [2.75, 3.05) is 0 Å². The number of aliphatic hydroxyl groups is 1. The zero-order valence-corrected chi connectivity index (χ0v) is 13.8. The quantitative estimate of drug-likeness (QED) is 0.829. The fourth-order valence-corrected chi connectivity index (χ4v) is 4.19. The van der Waals surface area contributed by atoms with Crippen LogP contribution in [0.5, 0.6) is 0 Å². The summed E-state index contributed by atoms with van der Waals surface area (Å²) in [6.07, 6.45) is 1.42. The lowest BCUT2D eigenvalue weighted by atomic mass is 9.98. The maximum Gasteiger partial charge on any atom is 0.242 e. The van der Waals surface area contributed by atoms with Crippen molar-refractivity contribution < 1.29 is 13.5 Å². The maximum absolute atomic E-state index is 12.4. The standard InChI is InChI=1S/C13H20BrNO3S/c1-4-13(3,5-2)15-19(17,18)12-8-10(9-16)6-7-11(12)14/h6-8,15-16H,4-5,9H2,1-3H3. The SMILES string of the molecule is CCC(C)(CC)NS(=O)(=O)c1cc(CO)ccc1Br. The van der Waals surface area contributed by atoms with E-state index >= 15 is 0 Å². The van der Waals surface area contributed by atoms with Crippen LogP contribution >= 0.6 is 15.9 Å². The predicted molar refractivity (Wildman–Crippen MR) is 79.4 cm³/mol. The first-order chi connectivity index (χ1) is 8.78. The Bertz CT molecular complexity index is 539. The van der Waals surface area contributed by atoms with Crippen molar-refractivity contribution in [3.8, 4) is 0 Å². The highest BCUT2D eigenvalue weighted by Crippen LogP contribution is 2.26. The molecule has 1 aromatic rings. The van der Waals surface area contributed by atoms with Crippen LogP contribution in [0, 0.1) is 0 Å². The largest absolute Gasteiger partial charge is 0.392 e. The summed E-state index contributed by atoms with van der Waals surface area (Å²) in [5.74, 6) is 0. The third-order valence-electron chi connectivity index (χ3n) is 3.41. The summed E-state index contributed by atoms with van der Waals surface area (Å²) in [6.45, 7) is 5.60. The van der Waals surface area contributed by atoms with E-state index in [-0.39, 0.29) is 11.5 Å². The highest BCUT2D eigenvalue weighted by molar-refractivity contribution is 9.10. The molecule has 0 radical (unpaired) electrons. The summed E-state index contributed by atoms with van der Waals surface area (Å²) < 4.78 is 28.1. The van der Waals surface area contributed by atoms with Crippen LogP contribution in [0.25, 0.3) is 0 Å². The zero-order valence-electron chi connectivity index (χ0n) is 11.4. The van der Waals surface area contributed by atoms with Crippen molar-refractivity contribution in [1.82, 2.24) is 4.72 Å². The molecule has 1 aromatic carbocycles. The van der Waals surface area contributed by atoms with Gasteiger partial charge in [-0.25, -0.2) is 13.1 Å². The molecule has 108 valence electrons. The van der Waals surface area contributed by atoms with Crippen LogP contribution in [0.4, 0.5) is 0 Å². The highest BCUT2D eigenvalue weighted by Gasteiger charge is 2.28. The lowest BCUT2D eigenvalue weighted by Gasteiger charge is -2.28. The Labute approximate surface area is 123 Å². The molecule has 0 amide bonds. The lowest BCUT2D eigenvalue weighted by Crippen LogP contribution is -2.44. The molecule has 0 heterocycles. The monoisotopic (exact) mass is 349 g/mol. The second-order valence-electron chi connectivity index (χ2n) is 4.80. The summed E-state index contributed by atoms with van der Waals surface area (Å²) in [6, 6.07) is 4.80. The molecular weight excluding hydrogens is 330 g/mol. The average Bonchev–Trinajstić information content (AvgIpc) is 2.38. The Morgan fingerprint density at radius 1 is 1.32 bits per heavy atom. The van der Waals surface area contributed by atoms with Crippen molar-refractivity contribution in [2.24, 2.45) is 0 Å². The second-order valence-corrected chi connectivity index (χ2v) is 7.30. The molecule has 0 aliphatic carbocycles. The van der Waals surface area contributed by atoms with Gasteiger partial charge in [-0.3, -0.25) is 0 Å². The summed E-state index contributed by atoms with van der Waals surface area (Å²) in [5, 5.41) is 9.11. The van der Waals surface area contributed by atoms with Crippen LogP contribution < -0.4 is 4.72 Å². The van der Waals surface area contributed by atoms with Crippen molar-refractivity contribution in [2.45, 2.75) is 50.7 Å². The number of nitrogens with one attached hydrogen (secondary N) is 1. The van der Waals surface area contributed by atoms with Gasteiger partial charge in [-0.1, -0.05) is 19.9 Å². The molecule has 0 unspecified atom stereocenters. The molecule has 0 aliphatic rings. The fourth-order valence-electron chi connectivity index (χ4n) is 1.63. The molecule has 4 nitrogen and oxygen atoms in total. The van der Waals surface area contributed by atoms with Gasteiger partial charge < -0.3 is 5.11 Å². The number of hydrogen-bond acceptors (Lipinski definition) is 3. The molecule has 2 N–H and O–H groups in total. The van der Waals surface area contributed by atoms with E-state index in [0.717, 1.165) is 0 Å². The molecule has 0 fully saturated rings. The van der Waals surface area contributed by atoms with Crippen molar-refractivity contribution >= 4 is 26.0 Å². The number of rotatable bonds is 6. The zero-order chi connectivity index (χ0) is 14.7. The summed E-state index contributed by atoms with van der Waals surface area (Å²) >= 11 is 3.25. The Hall–Kier alpha value is -0.430. The number of aliphatic hydroxyl groups excluding tert-OH is 1. The highest BCUT2D eigenvalue weighted by atomic mass is 79.9. The van der Waals surface area contributed by atoms with E-state index in [0.29, 0.717) is 22.9 Å². The first-order valence-electron chi connectivity index (χ1n) is 6.21. The number of hydrogen-bond donors (Lipinski definition) is 2. The molecule has 0 aliphatic heterocycles. The van der Waals surface area contributed by atoms with E-state index in [2.05, 4.69) is 20.7 Å². The number of halogens is 1. The number of sulfonamides is 1. The number of benzene rings is 1. The van der Waals surface area contributed by atoms with E-state index < -0.39 is 15.6 Å². The normalized spacial score (nSPS) is 12.7. The first kappa shape index (κ1) is 16.6. The first-order valence-corrected chi connectivity index (χ1v) is 8.49. The Morgan fingerprint density at radius 2 is 1.89 bits per heavy atom. The van der Waals surface area contributed by atoms with Gasteiger partial charge in [0.05, 0.1) is 11.5 Å². The van der Waals surface area contributed by atoms with Crippen LogP contribution in [0.15, 0.2) is 27.6 Å². The van der Waals surface area contributed by atoms with Crippen LogP contribution in [0.3, 0.4) is 0 Å². The van der Waals surface area contributed by atoms with Crippen LogP contribution in [-0.4, -0.2) is 19.1 Å². The summed E-state index contributed by atoms with van der Waals surface area (Å²) in [7, 11) is -3.61.